The van der Waals surface area contributed by atoms with Crippen LogP contribution in [-0.2, 0) is 0 Å². The number of phenols is 1. The van der Waals surface area contributed by atoms with Gasteiger partial charge in [-0.05, 0) is 18.2 Å². The van der Waals surface area contributed by atoms with Gasteiger partial charge < -0.3 is 5.11 Å². The Kier molecular flexibility index (Phi) is 4.30. The van der Waals surface area contributed by atoms with E-state index in [-0.39, 0.29) is 11.3 Å². The molecular weight excluding hydrogens is 308 g/mol. The predicted octanol–water partition coefficient (Wildman–Crippen LogP) is 2.92. The minimum absolute atomic E-state index is 0.0731. The Morgan fingerprint density at radius 3 is 2.58 bits per heavy atom. The van der Waals surface area contributed by atoms with Gasteiger partial charge >= 0.3 is 0 Å². The highest BCUT2D eigenvalue weighted by Gasteiger charge is 2.08. The van der Waals surface area contributed by atoms with Gasteiger partial charge in [-0.3, -0.25) is 4.79 Å². The second-order valence-corrected chi connectivity index (χ2v) is 4.59. The SMILES string of the molecule is O=C(N/N=C/c1ccccc1Br)c1ccccc1O. The lowest BCUT2D eigenvalue weighted by molar-refractivity contribution is 0.0952. The summed E-state index contributed by atoms with van der Waals surface area (Å²) < 4.78 is 0.885. The fraction of sp³-hybridized carbons (Fsp3) is 0. The Labute approximate surface area is 118 Å². The van der Waals surface area contributed by atoms with E-state index in [0.29, 0.717) is 0 Å². The quantitative estimate of drug-likeness (QED) is 0.675. The van der Waals surface area contributed by atoms with Gasteiger partial charge in [-0.25, -0.2) is 5.43 Å². The zero-order valence-corrected chi connectivity index (χ0v) is 11.5. The molecule has 5 heteroatoms. The number of benzene rings is 2. The van der Waals surface area contributed by atoms with Crippen LogP contribution in [0.2, 0.25) is 0 Å². The summed E-state index contributed by atoms with van der Waals surface area (Å²) in [5.74, 6) is -0.530. The van der Waals surface area contributed by atoms with E-state index in [4.69, 9.17) is 0 Å². The summed E-state index contributed by atoms with van der Waals surface area (Å²) in [6.45, 7) is 0. The predicted molar refractivity (Wildman–Crippen MR) is 77.3 cm³/mol. The highest BCUT2D eigenvalue weighted by molar-refractivity contribution is 9.10. The van der Waals surface area contributed by atoms with E-state index in [1.807, 2.05) is 24.3 Å². The fourth-order valence-corrected chi connectivity index (χ4v) is 1.85. The number of hydrogen-bond donors (Lipinski definition) is 2. The van der Waals surface area contributed by atoms with E-state index in [1.54, 1.807) is 12.1 Å². The Balaban J connectivity index is 2.06. The maximum Gasteiger partial charge on any atom is 0.275 e. The molecule has 0 unspecified atom stereocenters. The summed E-state index contributed by atoms with van der Waals surface area (Å²) in [5.41, 5.74) is 3.40. The van der Waals surface area contributed by atoms with E-state index in [9.17, 15) is 9.90 Å². The highest BCUT2D eigenvalue weighted by Crippen LogP contribution is 2.15. The van der Waals surface area contributed by atoms with Gasteiger partial charge in [-0.1, -0.05) is 46.3 Å². The molecule has 0 radical (unpaired) electrons. The first-order valence-electron chi connectivity index (χ1n) is 5.54. The van der Waals surface area contributed by atoms with Crippen LogP contribution in [0.4, 0.5) is 0 Å². The monoisotopic (exact) mass is 318 g/mol. The zero-order chi connectivity index (χ0) is 13.7. The third-order valence-corrected chi connectivity index (χ3v) is 3.15. The standard InChI is InChI=1S/C14H11BrN2O2/c15-12-7-3-1-5-10(12)9-16-17-14(19)11-6-2-4-8-13(11)18/h1-9,18H,(H,17,19)/b16-9+. The van der Waals surface area contributed by atoms with Crippen LogP contribution in [0.25, 0.3) is 0 Å². The second-order valence-electron chi connectivity index (χ2n) is 3.74. The van der Waals surface area contributed by atoms with Gasteiger partial charge in [0.25, 0.3) is 5.91 Å². The summed E-state index contributed by atoms with van der Waals surface area (Å²) in [7, 11) is 0. The number of carbonyl (C=O) groups is 1. The minimum atomic E-state index is -0.457. The number of aromatic hydroxyl groups is 1. The lowest BCUT2D eigenvalue weighted by Gasteiger charge is -2.02. The van der Waals surface area contributed by atoms with E-state index >= 15 is 0 Å². The van der Waals surface area contributed by atoms with Crippen LogP contribution in [0, 0.1) is 0 Å². The van der Waals surface area contributed by atoms with Crippen LogP contribution >= 0.6 is 15.9 Å². The van der Waals surface area contributed by atoms with Crippen molar-refractivity contribution in [1.82, 2.24) is 5.43 Å². The molecule has 0 heterocycles. The van der Waals surface area contributed by atoms with Crippen LogP contribution in [0.3, 0.4) is 0 Å². The molecular formula is C14H11BrN2O2. The van der Waals surface area contributed by atoms with Gasteiger partial charge in [0, 0.05) is 10.0 Å². The van der Waals surface area contributed by atoms with Crippen molar-refractivity contribution < 1.29 is 9.90 Å². The molecule has 0 saturated heterocycles. The van der Waals surface area contributed by atoms with Crippen LogP contribution in [-0.4, -0.2) is 17.2 Å². The Morgan fingerprint density at radius 2 is 1.84 bits per heavy atom. The number of halogens is 1. The topological polar surface area (TPSA) is 61.7 Å². The van der Waals surface area contributed by atoms with Gasteiger partial charge in [0.2, 0.25) is 0 Å². The number of hydrazone groups is 1. The third kappa shape index (κ3) is 3.42. The van der Waals surface area contributed by atoms with Crippen LogP contribution in [0.5, 0.6) is 5.75 Å². The summed E-state index contributed by atoms with van der Waals surface area (Å²) in [4.78, 5) is 11.7. The molecule has 2 aromatic rings. The number of nitrogens with one attached hydrogen (secondary N) is 1. The van der Waals surface area contributed by atoms with Crippen molar-refractivity contribution in [2.45, 2.75) is 0 Å². The lowest BCUT2D eigenvalue weighted by atomic mass is 10.2. The zero-order valence-electron chi connectivity index (χ0n) is 9.88. The van der Waals surface area contributed by atoms with E-state index in [0.717, 1.165) is 10.0 Å². The van der Waals surface area contributed by atoms with Crippen molar-refractivity contribution in [3.63, 3.8) is 0 Å². The molecule has 0 aromatic heterocycles. The molecule has 0 spiro atoms. The first kappa shape index (κ1) is 13.3. The maximum absolute atomic E-state index is 11.7. The Bertz CT molecular complexity index is 626. The molecule has 0 aliphatic rings. The molecule has 0 fully saturated rings. The molecule has 96 valence electrons. The molecule has 19 heavy (non-hydrogen) atoms. The van der Waals surface area contributed by atoms with Gasteiger partial charge in [0.15, 0.2) is 0 Å². The van der Waals surface area contributed by atoms with Crippen LogP contribution in [0.1, 0.15) is 15.9 Å². The number of amides is 1. The molecule has 1 amide bonds. The van der Waals surface area contributed by atoms with Gasteiger partial charge in [-0.15, -0.1) is 0 Å². The van der Waals surface area contributed by atoms with Crippen molar-refractivity contribution >= 4 is 28.1 Å². The second kappa shape index (κ2) is 6.15. The molecule has 0 saturated carbocycles. The van der Waals surface area contributed by atoms with Crippen molar-refractivity contribution in [3.05, 3.63) is 64.1 Å². The molecule has 2 aromatic carbocycles. The largest absolute Gasteiger partial charge is 0.507 e. The first-order chi connectivity index (χ1) is 9.18. The van der Waals surface area contributed by atoms with Crippen molar-refractivity contribution in [1.29, 1.82) is 0 Å². The number of para-hydroxylation sites is 1. The van der Waals surface area contributed by atoms with Gasteiger partial charge in [0.05, 0.1) is 11.8 Å². The average molecular weight is 319 g/mol. The average Bonchev–Trinajstić information content (AvgIpc) is 2.41. The normalized spacial score (nSPS) is 10.6. The number of phenolic OH excluding ortho intramolecular Hbond substituents is 1. The van der Waals surface area contributed by atoms with E-state index < -0.39 is 5.91 Å². The molecule has 2 N–H and O–H groups in total. The Hall–Kier alpha value is -2.14. The summed E-state index contributed by atoms with van der Waals surface area (Å²) in [5, 5.41) is 13.4. The Morgan fingerprint density at radius 1 is 1.16 bits per heavy atom. The molecule has 0 aliphatic carbocycles. The van der Waals surface area contributed by atoms with Gasteiger partial charge in [-0.2, -0.15) is 5.10 Å². The molecule has 4 nitrogen and oxygen atoms in total. The minimum Gasteiger partial charge on any atom is -0.507 e. The van der Waals surface area contributed by atoms with Crippen molar-refractivity contribution in [2.24, 2.45) is 5.10 Å². The molecule has 0 bridgehead atoms. The first-order valence-corrected chi connectivity index (χ1v) is 6.33. The van der Waals surface area contributed by atoms with E-state index in [1.165, 1.54) is 18.3 Å². The number of carbonyl (C=O) groups excluding carboxylic acids is 1. The highest BCUT2D eigenvalue weighted by atomic mass is 79.9. The van der Waals surface area contributed by atoms with Crippen molar-refractivity contribution in [2.75, 3.05) is 0 Å². The number of hydrogen-bond acceptors (Lipinski definition) is 3. The molecule has 0 aliphatic heterocycles. The summed E-state index contributed by atoms with van der Waals surface area (Å²) in [6, 6.07) is 13.8. The van der Waals surface area contributed by atoms with Crippen molar-refractivity contribution in [3.8, 4) is 5.75 Å². The molecule has 2 rings (SSSR count). The lowest BCUT2D eigenvalue weighted by Crippen LogP contribution is -2.17. The fourth-order valence-electron chi connectivity index (χ4n) is 1.47. The van der Waals surface area contributed by atoms with Gasteiger partial charge in [0.1, 0.15) is 5.75 Å². The molecule has 0 atom stereocenters. The van der Waals surface area contributed by atoms with Crippen LogP contribution in [0.15, 0.2) is 58.1 Å². The maximum atomic E-state index is 11.7. The third-order valence-electron chi connectivity index (χ3n) is 2.42. The van der Waals surface area contributed by atoms with Crippen LogP contribution < -0.4 is 5.43 Å². The smallest absolute Gasteiger partial charge is 0.275 e. The summed E-state index contributed by atoms with van der Waals surface area (Å²) >= 11 is 3.38. The summed E-state index contributed by atoms with van der Waals surface area (Å²) in [6.07, 6.45) is 1.53. The number of rotatable bonds is 3. The van der Waals surface area contributed by atoms with E-state index in [2.05, 4.69) is 26.5 Å². The number of nitrogens with zero attached hydrogens (tertiary/aromatic N) is 1.